The summed E-state index contributed by atoms with van der Waals surface area (Å²) in [6.07, 6.45) is -0.294. The highest BCUT2D eigenvalue weighted by Gasteiger charge is 2.10. The Hall–Kier alpha value is -1.36. The van der Waals surface area contributed by atoms with E-state index >= 15 is 0 Å². The molecule has 0 rings (SSSR count). The van der Waals surface area contributed by atoms with Crippen molar-refractivity contribution in [2.75, 3.05) is 0 Å². The molecule has 0 bridgehead atoms. The van der Waals surface area contributed by atoms with Crippen LogP contribution in [-0.2, 0) is 9.59 Å². The van der Waals surface area contributed by atoms with Gasteiger partial charge in [-0.15, -0.1) is 0 Å². The van der Waals surface area contributed by atoms with Crippen molar-refractivity contribution in [3.8, 4) is 0 Å². The van der Waals surface area contributed by atoms with Crippen molar-refractivity contribution in [3.05, 3.63) is 12.2 Å². The van der Waals surface area contributed by atoms with Gasteiger partial charge < -0.3 is 20.7 Å². The topological polar surface area (TPSA) is 103 Å². The normalized spacial score (nSPS) is 12.1. The van der Waals surface area contributed by atoms with Gasteiger partial charge in [0.15, 0.2) is 0 Å². The molecule has 1 atom stereocenters. The number of aliphatic carboxylic acids is 2. The van der Waals surface area contributed by atoms with Crippen LogP contribution in [0.5, 0.6) is 0 Å². The summed E-state index contributed by atoms with van der Waals surface area (Å²) in [6, 6.07) is -1.29. The first kappa shape index (κ1) is 9.64. The van der Waals surface area contributed by atoms with Gasteiger partial charge in [0.05, 0.1) is 5.97 Å². The SMILES string of the molecule is C=C(C[C@H](N)C(=O)[O-])C(=O)O. The Balaban J connectivity index is 3.95. The summed E-state index contributed by atoms with van der Waals surface area (Å²) in [6.45, 7) is 3.11. The van der Waals surface area contributed by atoms with Crippen LogP contribution < -0.4 is 10.8 Å². The molecule has 0 aliphatic heterocycles. The van der Waals surface area contributed by atoms with E-state index in [-0.39, 0.29) is 12.0 Å². The molecular formula is C6H8NO4-. The van der Waals surface area contributed by atoms with Crippen molar-refractivity contribution in [3.63, 3.8) is 0 Å². The highest BCUT2D eigenvalue weighted by Crippen LogP contribution is 1.99. The van der Waals surface area contributed by atoms with Crippen LogP contribution in [0.2, 0.25) is 0 Å². The second-order valence-corrected chi connectivity index (χ2v) is 2.04. The molecule has 62 valence electrons. The van der Waals surface area contributed by atoms with Crippen molar-refractivity contribution in [1.82, 2.24) is 0 Å². The maximum Gasteiger partial charge on any atom is 0.331 e. The number of carboxylic acids is 2. The summed E-state index contributed by atoms with van der Waals surface area (Å²) >= 11 is 0. The average Bonchev–Trinajstić information content (AvgIpc) is 1.87. The van der Waals surface area contributed by atoms with E-state index in [1.54, 1.807) is 0 Å². The van der Waals surface area contributed by atoms with Gasteiger partial charge in [-0.2, -0.15) is 0 Å². The number of carbonyl (C=O) groups is 2. The zero-order valence-corrected chi connectivity index (χ0v) is 5.74. The molecule has 0 aromatic carbocycles. The second kappa shape index (κ2) is 3.72. The quantitative estimate of drug-likeness (QED) is 0.465. The molecule has 3 N–H and O–H groups in total. The smallest absolute Gasteiger partial charge is 0.331 e. The minimum absolute atomic E-state index is 0.235. The van der Waals surface area contributed by atoms with Crippen LogP contribution >= 0.6 is 0 Å². The Morgan fingerprint density at radius 3 is 2.36 bits per heavy atom. The van der Waals surface area contributed by atoms with E-state index in [1.165, 1.54) is 0 Å². The van der Waals surface area contributed by atoms with Crippen LogP contribution in [0, 0.1) is 0 Å². The third-order valence-electron chi connectivity index (χ3n) is 1.07. The van der Waals surface area contributed by atoms with Gasteiger partial charge in [0.2, 0.25) is 0 Å². The van der Waals surface area contributed by atoms with Gasteiger partial charge in [0, 0.05) is 11.6 Å². The molecule has 0 aromatic rings. The molecule has 0 heterocycles. The Morgan fingerprint density at radius 2 is 2.09 bits per heavy atom. The molecule has 0 fully saturated rings. The molecule has 5 nitrogen and oxygen atoms in total. The van der Waals surface area contributed by atoms with Crippen molar-refractivity contribution in [1.29, 1.82) is 0 Å². The summed E-state index contributed by atoms with van der Waals surface area (Å²) < 4.78 is 0. The Labute approximate surface area is 63.1 Å². The molecule has 0 aliphatic carbocycles. The zero-order valence-electron chi connectivity index (χ0n) is 5.74. The van der Waals surface area contributed by atoms with Gasteiger partial charge in [-0.1, -0.05) is 6.58 Å². The predicted molar refractivity (Wildman–Crippen MR) is 34.4 cm³/mol. The third kappa shape index (κ3) is 3.36. The molecule has 0 aliphatic rings. The number of nitrogens with two attached hydrogens (primary N) is 1. The molecule has 0 saturated heterocycles. The Bertz CT molecular complexity index is 199. The van der Waals surface area contributed by atoms with E-state index < -0.39 is 18.0 Å². The van der Waals surface area contributed by atoms with Crippen LogP contribution in [0.25, 0.3) is 0 Å². The van der Waals surface area contributed by atoms with Crippen molar-refractivity contribution in [2.45, 2.75) is 12.5 Å². The lowest BCUT2D eigenvalue weighted by molar-refractivity contribution is -0.307. The van der Waals surface area contributed by atoms with Crippen LogP contribution in [-0.4, -0.2) is 23.1 Å². The fourth-order valence-electron chi connectivity index (χ4n) is 0.436. The van der Waals surface area contributed by atoms with Crippen LogP contribution in [0.15, 0.2) is 12.2 Å². The molecule has 0 amide bonds. The number of hydrogen-bond acceptors (Lipinski definition) is 4. The van der Waals surface area contributed by atoms with Crippen molar-refractivity contribution >= 4 is 11.9 Å². The minimum atomic E-state index is -1.48. The van der Waals surface area contributed by atoms with E-state index in [0.29, 0.717) is 0 Å². The van der Waals surface area contributed by atoms with E-state index in [9.17, 15) is 14.7 Å². The second-order valence-electron chi connectivity index (χ2n) is 2.04. The Morgan fingerprint density at radius 1 is 1.64 bits per heavy atom. The largest absolute Gasteiger partial charge is 0.548 e. The monoisotopic (exact) mass is 158 g/mol. The van der Waals surface area contributed by atoms with Gasteiger partial charge in [0.1, 0.15) is 0 Å². The minimum Gasteiger partial charge on any atom is -0.548 e. The van der Waals surface area contributed by atoms with Crippen molar-refractivity contribution in [2.24, 2.45) is 5.73 Å². The molecule has 0 unspecified atom stereocenters. The average molecular weight is 158 g/mol. The van der Waals surface area contributed by atoms with Crippen LogP contribution in [0.1, 0.15) is 6.42 Å². The summed E-state index contributed by atoms with van der Waals surface area (Å²) in [4.78, 5) is 20.1. The summed E-state index contributed by atoms with van der Waals surface area (Å²) in [7, 11) is 0. The number of carboxylic acid groups (broad SMARTS) is 2. The standard InChI is InChI=1S/C6H9NO4/c1-3(5(8)9)2-4(7)6(10)11/h4H,1-2,7H2,(H,8,9)(H,10,11)/p-1/t4-/m0/s1. The molecule has 11 heavy (non-hydrogen) atoms. The molecule has 5 heteroatoms. The lowest BCUT2D eigenvalue weighted by atomic mass is 10.1. The van der Waals surface area contributed by atoms with Crippen LogP contribution in [0.3, 0.4) is 0 Å². The summed E-state index contributed by atoms with van der Waals surface area (Å²) in [5.74, 6) is -2.73. The first-order valence-electron chi connectivity index (χ1n) is 2.82. The highest BCUT2D eigenvalue weighted by atomic mass is 16.4. The molecule has 0 saturated carbocycles. The molecule has 0 aromatic heterocycles. The fourth-order valence-corrected chi connectivity index (χ4v) is 0.436. The lowest BCUT2D eigenvalue weighted by Gasteiger charge is -2.11. The van der Waals surface area contributed by atoms with E-state index in [1.807, 2.05) is 0 Å². The zero-order chi connectivity index (χ0) is 9.02. The van der Waals surface area contributed by atoms with E-state index in [4.69, 9.17) is 10.8 Å². The molecular weight excluding hydrogens is 150 g/mol. The first-order valence-corrected chi connectivity index (χ1v) is 2.82. The lowest BCUT2D eigenvalue weighted by Crippen LogP contribution is -2.42. The molecule has 0 spiro atoms. The van der Waals surface area contributed by atoms with Crippen molar-refractivity contribution < 1.29 is 19.8 Å². The Kier molecular flexibility index (Phi) is 3.26. The molecule has 0 radical (unpaired) electrons. The third-order valence-corrected chi connectivity index (χ3v) is 1.07. The number of hydrogen-bond donors (Lipinski definition) is 2. The van der Waals surface area contributed by atoms with Gasteiger partial charge >= 0.3 is 5.97 Å². The van der Waals surface area contributed by atoms with Gasteiger partial charge in [-0.3, -0.25) is 0 Å². The van der Waals surface area contributed by atoms with Gasteiger partial charge in [-0.05, 0) is 6.42 Å². The number of carbonyl (C=O) groups excluding carboxylic acids is 1. The maximum absolute atomic E-state index is 10.1. The highest BCUT2D eigenvalue weighted by molar-refractivity contribution is 5.87. The number of rotatable bonds is 4. The fraction of sp³-hybridized carbons (Fsp3) is 0.333. The van der Waals surface area contributed by atoms with E-state index in [0.717, 1.165) is 0 Å². The maximum atomic E-state index is 10.1. The summed E-state index contributed by atoms with van der Waals surface area (Å²) in [5.41, 5.74) is 4.73. The van der Waals surface area contributed by atoms with E-state index in [2.05, 4.69) is 6.58 Å². The van der Waals surface area contributed by atoms with Gasteiger partial charge in [0.25, 0.3) is 0 Å². The first-order chi connectivity index (χ1) is 4.95. The summed E-state index contributed by atoms with van der Waals surface area (Å²) in [5, 5.41) is 18.2. The van der Waals surface area contributed by atoms with Crippen LogP contribution in [0.4, 0.5) is 0 Å². The van der Waals surface area contributed by atoms with Gasteiger partial charge in [-0.25, -0.2) is 4.79 Å². The predicted octanol–water partition coefficient (Wildman–Crippen LogP) is -1.91.